The molecule has 0 bridgehead atoms. The largest absolute Gasteiger partial charge is 0.501 e. The third-order valence-corrected chi connectivity index (χ3v) is 5.91. The highest BCUT2D eigenvalue weighted by Crippen LogP contribution is 2.35. The highest BCUT2D eigenvalue weighted by molar-refractivity contribution is 9.10. The molecule has 3 amide bonds. The third kappa shape index (κ3) is 7.01. The van der Waals surface area contributed by atoms with Crippen LogP contribution in [0.15, 0.2) is 51.2 Å². The van der Waals surface area contributed by atoms with E-state index in [0.29, 0.717) is 11.3 Å². The number of nitrogens with zero attached hydrogens (tertiary/aromatic N) is 2. The average Bonchev–Trinajstić information content (AvgIpc) is 2.88. The Kier molecular flexibility index (Phi) is 9.43. The van der Waals surface area contributed by atoms with Gasteiger partial charge in [0.25, 0.3) is 5.91 Å². The number of rotatable bonds is 10. The van der Waals surface area contributed by atoms with Crippen LogP contribution in [0.5, 0.6) is 17.2 Å². The van der Waals surface area contributed by atoms with Crippen LogP contribution in [0.1, 0.15) is 31.0 Å². The van der Waals surface area contributed by atoms with E-state index in [2.05, 4.69) is 37.1 Å². The maximum absolute atomic E-state index is 12.5. The summed E-state index contributed by atoms with van der Waals surface area (Å²) in [7, 11) is 1.39. The minimum Gasteiger partial charge on any atom is -0.501 e. The molecule has 0 aliphatic carbocycles. The van der Waals surface area contributed by atoms with Gasteiger partial charge in [0.2, 0.25) is 5.75 Å². The van der Waals surface area contributed by atoms with Gasteiger partial charge in [-0.1, -0.05) is 6.07 Å². The summed E-state index contributed by atoms with van der Waals surface area (Å²) in [5.74, 6) is -1.31. The van der Waals surface area contributed by atoms with Crippen molar-refractivity contribution in [1.29, 1.82) is 0 Å². The summed E-state index contributed by atoms with van der Waals surface area (Å²) in [5.41, 5.74) is 3.05. The second kappa shape index (κ2) is 12.7. The lowest BCUT2D eigenvalue weighted by molar-refractivity contribution is -0.386. The molecule has 4 N–H and O–H groups in total. The van der Waals surface area contributed by atoms with Crippen LogP contribution in [-0.2, 0) is 14.3 Å². The van der Waals surface area contributed by atoms with Crippen molar-refractivity contribution in [3.05, 3.63) is 67.3 Å². The Bertz CT molecular complexity index is 1380. The van der Waals surface area contributed by atoms with Crippen molar-refractivity contribution >= 4 is 45.7 Å². The Balaban J connectivity index is 1.69. The Morgan fingerprint density at radius 3 is 2.69 bits per heavy atom. The summed E-state index contributed by atoms with van der Waals surface area (Å²) >= 11 is 3.02. The van der Waals surface area contributed by atoms with Crippen LogP contribution in [0.2, 0.25) is 0 Å². The fourth-order valence-corrected chi connectivity index (χ4v) is 4.05. The monoisotopic (exact) mass is 605 g/mol. The number of hydrazone groups is 1. The van der Waals surface area contributed by atoms with E-state index in [0.717, 1.165) is 12.3 Å². The van der Waals surface area contributed by atoms with Crippen molar-refractivity contribution < 1.29 is 38.6 Å². The molecule has 1 aliphatic rings. The van der Waals surface area contributed by atoms with Crippen LogP contribution in [-0.4, -0.2) is 54.5 Å². The first-order valence-electron chi connectivity index (χ1n) is 11.3. The number of allylic oxidation sites excluding steroid dienone is 1. The second-order valence-corrected chi connectivity index (χ2v) is 8.76. The van der Waals surface area contributed by atoms with Crippen LogP contribution >= 0.6 is 15.9 Å². The predicted octanol–water partition coefficient (Wildman–Crippen LogP) is 2.79. The molecule has 0 radical (unpaired) electrons. The first-order valence-corrected chi connectivity index (χ1v) is 12.1. The molecule has 15 heteroatoms. The molecular weight excluding hydrogens is 582 g/mol. The number of urea groups is 1. The summed E-state index contributed by atoms with van der Waals surface area (Å²) in [6.07, 6.45) is 1.16. The zero-order chi connectivity index (χ0) is 28.7. The van der Waals surface area contributed by atoms with Crippen molar-refractivity contribution in [1.82, 2.24) is 16.1 Å². The van der Waals surface area contributed by atoms with E-state index in [1.807, 2.05) is 0 Å². The van der Waals surface area contributed by atoms with Gasteiger partial charge >= 0.3 is 17.7 Å². The molecule has 206 valence electrons. The molecule has 1 heterocycles. The number of nitro groups is 1. The fourth-order valence-electron chi connectivity index (χ4n) is 3.58. The number of nitrogens with one attached hydrogen (secondary N) is 3. The molecule has 2 aromatic carbocycles. The molecular formula is C24H24BrN5O9. The van der Waals surface area contributed by atoms with E-state index in [1.165, 1.54) is 19.2 Å². The molecule has 0 fully saturated rings. The van der Waals surface area contributed by atoms with Crippen molar-refractivity contribution in [3.63, 3.8) is 0 Å². The van der Waals surface area contributed by atoms with Crippen LogP contribution in [0.25, 0.3) is 0 Å². The number of hydrogen-bond donors (Lipinski definition) is 4. The Morgan fingerprint density at radius 1 is 1.28 bits per heavy atom. The molecule has 39 heavy (non-hydrogen) atoms. The second-order valence-electron chi connectivity index (χ2n) is 7.91. The van der Waals surface area contributed by atoms with E-state index in [9.17, 15) is 29.6 Å². The standard InChI is InChI=1S/C24H24BrN5O9/c1-4-38-23(33)20-12(2)27-24(34)28-21(20)14-5-6-17(18(9-14)37-3)39-11-19(31)29-26-10-13-7-15(25)22(32)16(8-13)30(35)36/h5-10,21,32H,4,11H2,1-3H3,(H,29,31)(H2,27,28,34)/b26-10-/t21-/m1/s1. The van der Waals surface area contributed by atoms with E-state index in [-0.39, 0.29) is 33.7 Å². The number of halogens is 1. The van der Waals surface area contributed by atoms with Crippen LogP contribution in [0, 0.1) is 10.1 Å². The van der Waals surface area contributed by atoms with E-state index in [4.69, 9.17) is 14.2 Å². The topological polar surface area (TPSA) is 191 Å². The van der Waals surface area contributed by atoms with Crippen LogP contribution in [0.4, 0.5) is 10.5 Å². The Hall–Kier alpha value is -4.66. The number of methoxy groups -OCH3 is 1. The minimum absolute atomic E-state index is 0.0902. The average molecular weight is 606 g/mol. The summed E-state index contributed by atoms with van der Waals surface area (Å²) in [6.45, 7) is 2.97. The van der Waals surface area contributed by atoms with Crippen molar-refractivity contribution in [2.24, 2.45) is 5.10 Å². The van der Waals surface area contributed by atoms with Gasteiger partial charge in [-0.15, -0.1) is 0 Å². The number of hydrogen-bond acceptors (Lipinski definition) is 10. The zero-order valence-electron chi connectivity index (χ0n) is 20.9. The van der Waals surface area contributed by atoms with E-state index >= 15 is 0 Å². The van der Waals surface area contributed by atoms with Crippen molar-refractivity contribution in [3.8, 4) is 17.2 Å². The van der Waals surface area contributed by atoms with Gasteiger partial charge in [0.1, 0.15) is 0 Å². The van der Waals surface area contributed by atoms with Gasteiger partial charge in [-0.2, -0.15) is 5.10 Å². The summed E-state index contributed by atoms with van der Waals surface area (Å²) in [5, 5.41) is 29.7. The van der Waals surface area contributed by atoms with Crippen molar-refractivity contribution in [2.45, 2.75) is 19.9 Å². The maximum Gasteiger partial charge on any atom is 0.338 e. The molecule has 0 spiro atoms. The number of aromatic hydroxyl groups is 1. The highest BCUT2D eigenvalue weighted by atomic mass is 79.9. The lowest BCUT2D eigenvalue weighted by atomic mass is 9.95. The number of nitro benzene ring substituents is 1. The zero-order valence-corrected chi connectivity index (χ0v) is 22.5. The number of phenols is 1. The van der Waals surface area contributed by atoms with Gasteiger partial charge < -0.3 is 30.0 Å². The first kappa shape index (κ1) is 28.9. The number of ether oxygens (including phenoxy) is 3. The van der Waals surface area contributed by atoms with Gasteiger partial charge in [-0.25, -0.2) is 15.0 Å². The quantitative estimate of drug-likeness (QED) is 0.136. The molecule has 14 nitrogen and oxygen atoms in total. The molecule has 0 saturated carbocycles. The van der Waals surface area contributed by atoms with Crippen LogP contribution in [0.3, 0.4) is 0 Å². The van der Waals surface area contributed by atoms with Crippen molar-refractivity contribution in [2.75, 3.05) is 20.3 Å². The first-order chi connectivity index (χ1) is 18.5. The molecule has 0 unspecified atom stereocenters. The Morgan fingerprint density at radius 2 is 2.03 bits per heavy atom. The van der Waals surface area contributed by atoms with E-state index in [1.54, 1.807) is 26.0 Å². The number of amides is 3. The molecule has 0 saturated heterocycles. The highest BCUT2D eigenvalue weighted by Gasteiger charge is 2.32. The van der Waals surface area contributed by atoms with Crippen LogP contribution < -0.4 is 25.5 Å². The summed E-state index contributed by atoms with van der Waals surface area (Å²) in [4.78, 5) is 47.1. The smallest absolute Gasteiger partial charge is 0.338 e. The predicted molar refractivity (Wildman–Crippen MR) is 140 cm³/mol. The molecule has 0 aromatic heterocycles. The molecule has 2 aromatic rings. The lowest BCUT2D eigenvalue weighted by Crippen LogP contribution is -2.45. The number of carbonyl (C=O) groups is 3. The SMILES string of the molecule is CCOC(=O)C1=C(C)NC(=O)N[C@@H]1c1ccc(OCC(=O)N/N=C\c2cc(Br)c(O)c([N+](=O)[O-])c2)c(OC)c1. The minimum atomic E-state index is -0.811. The van der Waals surface area contributed by atoms with Gasteiger partial charge in [-0.3, -0.25) is 14.9 Å². The van der Waals surface area contributed by atoms with Gasteiger partial charge in [0, 0.05) is 17.3 Å². The number of phenolic OH excluding ortho intramolecular Hbond substituents is 1. The van der Waals surface area contributed by atoms with Gasteiger partial charge in [0.15, 0.2) is 18.1 Å². The van der Waals surface area contributed by atoms with E-state index < -0.39 is 46.9 Å². The summed E-state index contributed by atoms with van der Waals surface area (Å²) < 4.78 is 16.1. The maximum atomic E-state index is 12.5. The van der Waals surface area contributed by atoms with Gasteiger partial charge in [0.05, 0.1) is 40.9 Å². The summed E-state index contributed by atoms with van der Waals surface area (Å²) in [6, 6.07) is 5.86. The Labute approximate surface area is 230 Å². The normalized spacial score (nSPS) is 14.9. The number of carbonyl (C=O) groups excluding carboxylic acids is 3. The third-order valence-electron chi connectivity index (χ3n) is 5.31. The molecule has 3 rings (SSSR count). The fraction of sp³-hybridized carbons (Fsp3) is 0.250. The number of esters is 1. The molecule has 1 aliphatic heterocycles. The molecule has 1 atom stereocenters. The lowest BCUT2D eigenvalue weighted by Gasteiger charge is -2.28. The van der Waals surface area contributed by atoms with Gasteiger partial charge in [-0.05, 0) is 53.5 Å². The number of benzene rings is 2.